The molecule has 0 saturated heterocycles. The number of nitrogens with zero attached hydrogens (tertiary/aromatic N) is 2. The van der Waals surface area contributed by atoms with Crippen LogP contribution in [0.1, 0.15) is 21.7 Å². The van der Waals surface area contributed by atoms with Gasteiger partial charge in [0.05, 0.1) is 11.0 Å². The number of fused-ring (bicyclic) bond motifs is 1. The molecule has 0 fully saturated rings. The number of anilines is 1. The van der Waals surface area contributed by atoms with Crippen LogP contribution in [0, 0.1) is 5.82 Å². The minimum Gasteiger partial charge on any atom is -0.342 e. The van der Waals surface area contributed by atoms with Gasteiger partial charge in [-0.25, -0.2) is 14.4 Å². The minimum absolute atomic E-state index is 0.254. The molecule has 27 heavy (non-hydrogen) atoms. The highest BCUT2D eigenvalue weighted by molar-refractivity contribution is 6.29. The van der Waals surface area contributed by atoms with Gasteiger partial charge in [0.25, 0.3) is 5.91 Å². The van der Waals surface area contributed by atoms with E-state index in [9.17, 15) is 9.18 Å². The van der Waals surface area contributed by atoms with Gasteiger partial charge in [0.2, 0.25) is 0 Å². The Hall–Kier alpha value is -3.25. The van der Waals surface area contributed by atoms with E-state index in [4.69, 9.17) is 11.6 Å². The molecule has 7 heteroatoms. The Kier molecular flexibility index (Phi) is 4.56. The van der Waals surface area contributed by atoms with Gasteiger partial charge >= 0.3 is 0 Å². The molecule has 0 aliphatic carbocycles. The van der Waals surface area contributed by atoms with Gasteiger partial charge in [-0.05, 0) is 42.0 Å². The third kappa shape index (κ3) is 3.80. The second kappa shape index (κ2) is 7.17. The lowest BCUT2D eigenvalue weighted by atomic mass is 10.1. The Morgan fingerprint density at radius 3 is 2.81 bits per heavy atom. The van der Waals surface area contributed by atoms with Crippen molar-refractivity contribution in [2.75, 3.05) is 5.32 Å². The molecule has 2 aromatic heterocycles. The molecule has 1 amide bonds. The Labute approximate surface area is 159 Å². The number of pyridine rings is 1. The zero-order chi connectivity index (χ0) is 18.8. The first-order valence-corrected chi connectivity index (χ1v) is 8.61. The smallest absolute Gasteiger partial charge is 0.255 e. The number of rotatable bonds is 4. The Morgan fingerprint density at radius 1 is 1.15 bits per heavy atom. The molecule has 2 aromatic carbocycles. The van der Waals surface area contributed by atoms with Gasteiger partial charge in [-0.3, -0.25) is 4.79 Å². The molecule has 4 aromatic rings. The standard InChI is InChI=1S/C20H14ClFN4O/c21-18-9-13(7-8-23-18)20(27)24-14-5-6-16-17(11-14)26-19(25-16)10-12-3-1-2-4-15(12)22/h1-9,11H,10H2,(H,24,27)(H,25,26). The number of hydrogen-bond donors (Lipinski definition) is 2. The fraction of sp³-hybridized carbons (Fsp3) is 0.0500. The quantitative estimate of drug-likeness (QED) is 0.508. The van der Waals surface area contributed by atoms with E-state index in [2.05, 4.69) is 20.3 Å². The van der Waals surface area contributed by atoms with Crippen LogP contribution in [-0.4, -0.2) is 20.9 Å². The number of aromatic amines is 1. The van der Waals surface area contributed by atoms with Gasteiger partial charge in [0.1, 0.15) is 16.8 Å². The van der Waals surface area contributed by atoms with Crippen LogP contribution >= 0.6 is 11.6 Å². The number of benzene rings is 2. The molecule has 0 aliphatic heterocycles. The van der Waals surface area contributed by atoms with Crippen LogP contribution in [0.25, 0.3) is 11.0 Å². The number of carbonyl (C=O) groups excluding carboxylic acids is 1. The first-order valence-electron chi connectivity index (χ1n) is 8.23. The zero-order valence-corrected chi connectivity index (χ0v) is 14.8. The van der Waals surface area contributed by atoms with Crippen molar-refractivity contribution >= 4 is 34.2 Å². The van der Waals surface area contributed by atoms with Crippen molar-refractivity contribution < 1.29 is 9.18 Å². The Balaban J connectivity index is 1.56. The van der Waals surface area contributed by atoms with Gasteiger partial charge in [0, 0.05) is 23.9 Å². The lowest BCUT2D eigenvalue weighted by Gasteiger charge is -2.05. The number of imidazole rings is 1. The molecule has 0 radical (unpaired) electrons. The molecule has 0 spiro atoms. The SMILES string of the molecule is O=C(Nc1ccc2nc(Cc3ccccc3F)[nH]c2c1)c1ccnc(Cl)c1. The number of H-pyrrole nitrogens is 1. The molecule has 134 valence electrons. The van der Waals surface area contributed by atoms with Crippen molar-refractivity contribution in [2.24, 2.45) is 0 Å². The van der Waals surface area contributed by atoms with Crippen LogP contribution in [-0.2, 0) is 6.42 Å². The summed E-state index contributed by atoms with van der Waals surface area (Å²) in [5.41, 5.74) is 3.10. The van der Waals surface area contributed by atoms with Gasteiger partial charge in [-0.1, -0.05) is 29.8 Å². The summed E-state index contributed by atoms with van der Waals surface area (Å²) in [6.45, 7) is 0. The molecule has 0 saturated carbocycles. The van der Waals surface area contributed by atoms with Gasteiger partial charge < -0.3 is 10.3 Å². The first-order chi connectivity index (χ1) is 13.1. The molecule has 2 heterocycles. The summed E-state index contributed by atoms with van der Waals surface area (Å²) in [5, 5.41) is 3.07. The average Bonchev–Trinajstić information content (AvgIpc) is 3.05. The molecule has 0 unspecified atom stereocenters. The summed E-state index contributed by atoms with van der Waals surface area (Å²) in [6.07, 6.45) is 1.84. The van der Waals surface area contributed by atoms with E-state index < -0.39 is 0 Å². The Morgan fingerprint density at radius 2 is 2.00 bits per heavy atom. The summed E-state index contributed by atoms with van der Waals surface area (Å²) in [4.78, 5) is 23.8. The lowest BCUT2D eigenvalue weighted by Crippen LogP contribution is -2.11. The summed E-state index contributed by atoms with van der Waals surface area (Å²) < 4.78 is 13.8. The normalized spacial score (nSPS) is 10.9. The van der Waals surface area contributed by atoms with Crippen LogP contribution in [0.3, 0.4) is 0 Å². The topological polar surface area (TPSA) is 70.7 Å². The van der Waals surface area contributed by atoms with Crippen molar-refractivity contribution in [1.82, 2.24) is 15.0 Å². The molecule has 4 rings (SSSR count). The molecule has 5 nitrogen and oxygen atoms in total. The summed E-state index contributed by atoms with van der Waals surface area (Å²) in [6, 6.07) is 15.0. The fourth-order valence-corrected chi connectivity index (χ4v) is 2.97. The zero-order valence-electron chi connectivity index (χ0n) is 14.0. The van der Waals surface area contributed by atoms with Crippen molar-refractivity contribution in [3.8, 4) is 0 Å². The second-order valence-corrected chi connectivity index (χ2v) is 6.39. The molecule has 0 bridgehead atoms. The minimum atomic E-state index is -0.287. The monoisotopic (exact) mass is 380 g/mol. The number of aromatic nitrogens is 3. The molecular weight excluding hydrogens is 367 g/mol. The van der Waals surface area contributed by atoms with Crippen molar-refractivity contribution in [3.63, 3.8) is 0 Å². The van der Waals surface area contributed by atoms with E-state index in [1.54, 1.807) is 42.5 Å². The van der Waals surface area contributed by atoms with E-state index in [0.717, 1.165) is 11.0 Å². The molecule has 0 atom stereocenters. The maximum Gasteiger partial charge on any atom is 0.255 e. The molecule has 0 aliphatic rings. The van der Waals surface area contributed by atoms with Crippen LogP contribution in [0.5, 0.6) is 0 Å². The van der Waals surface area contributed by atoms with E-state index in [-0.39, 0.29) is 16.9 Å². The highest BCUT2D eigenvalue weighted by Gasteiger charge is 2.10. The molecular formula is C20H14ClFN4O. The van der Waals surface area contributed by atoms with Crippen molar-refractivity contribution in [1.29, 1.82) is 0 Å². The molecule has 2 N–H and O–H groups in total. The van der Waals surface area contributed by atoms with Gasteiger partial charge in [-0.2, -0.15) is 0 Å². The largest absolute Gasteiger partial charge is 0.342 e. The average molecular weight is 381 g/mol. The van der Waals surface area contributed by atoms with Gasteiger partial charge in [0.15, 0.2) is 0 Å². The van der Waals surface area contributed by atoms with Crippen LogP contribution in [0.2, 0.25) is 5.15 Å². The predicted octanol–water partition coefficient (Wildman–Crippen LogP) is 4.59. The maximum atomic E-state index is 13.8. The third-order valence-corrected chi connectivity index (χ3v) is 4.30. The van der Waals surface area contributed by atoms with Crippen LogP contribution in [0.4, 0.5) is 10.1 Å². The second-order valence-electron chi connectivity index (χ2n) is 6.00. The maximum absolute atomic E-state index is 13.8. The van der Waals surface area contributed by atoms with Crippen molar-refractivity contribution in [2.45, 2.75) is 6.42 Å². The van der Waals surface area contributed by atoms with E-state index in [0.29, 0.717) is 29.1 Å². The first kappa shape index (κ1) is 17.2. The van der Waals surface area contributed by atoms with E-state index in [1.807, 2.05) is 0 Å². The summed E-state index contributed by atoms with van der Waals surface area (Å²) >= 11 is 5.82. The van der Waals surface area contributed by atoms with Crippen LogP contribution in [0.15, 0.2) is 60.8 Å². The summed E-state index contributed by atoms with van der Waals surface area (Å²) in [7, 11) is 0. The summed E-state index contributed by atoms with van der Waals surface area (Å²) in [5.74, 6) is 0.103. The van der Waals surface area contributed by atoms with Crippen LogP contribution < -0.4 is 5.32 Å². The fourth-order valence-electron chi connectivity index (χ4n) is 2.79. The number of amides is 1. The number of halogens is 2. The lowest BCUT2D eigenvalue weighted by molar-refractivity contribution is 0.102. The predicted molar refractivity (Wildman–Crippen MR) is 102 cm³/mol. The highest BCUT2D eigenvalue weighted by atomic mass is 35.5. The van der Waals surface area contributed by atoms with Gasteiger partial charge in [-0.15, -0.1) is 0 Å². The van der Waals surface area contributed by atoms with E-state index in [1.165, 1.54) is 18.3 Å². The number of nitrogens with one attached hydrogen (secondary N) is 2. The Bertz CT molecular complexity index is 1140. The highest BCUT2D eigenvalue weighted by Crippen LogP contribution is 2.20. The van der Waals surface area contributed by atoms with E-state index >= 15 is 0 Å². The number of hydrogen-bond acceptors (Lipinski definition) is 3. The van der Waals surface area contributed by atoms with Crippen molar-refractivity contribution in [3.05, 3.63) is 88.7 Å². The third-order valence-electron chi connectivity index (χ3n) is 4.09. The number of carbonyl (C=O) groups is 1.